The summed E-state index contributed by atoms with van der Waals surface area (Å²) in [5.74, 6) is 0. The first-order chi connectivity index (χ1) is 4.43. The quantitative estimate of drug-likeness (QED) is 0.380. The molecule has 1 unspecified atom stereocenters. The molecule has 52 valence electrons. The summed E-state index contributed by atoms with van der Waals surface area (Å²) in [6.45, 7) is 1.98. The molecule has 0 aromatic carbocycles. The van der Waals surface area contributed by atoms with Crippen LogP contribution in [0.1, 0.15) is 0 Å². The zero-order chi connectivity index (χ0) is 6.53. The van der Waals surface area contributed by atoms with E-state index in [9.17, 15) is 4.91 Å². The molecule has 0 spiro atoms. The Labute approximate surface area is 52.7 Å². The molecule has 1 aliphatic heterocycles. The lowest BCUT2D eigenvalue weighted by Gasteiger charge is -2.21. The number of rotatable bonds is 2. The normalized spacial score (nSPS) is 27.3. The van der Waals surface area contributed by atoms with Crippen LogP contribution in [0.15, 0.2) is 5.29 Å². The van der Waals surface area contributed by atoms with Gasteiger partial charge in [0.05, 0.1) is 18.5 Å². The topological polar surface area (TPSA) is 62.7 Å². The van der Waals surface area contributed by atoms with Crippen molar-refractivity contribution in [1.29, 1.82) is 0 Å². The Bertz CT molecular complexity index is 91.8. The van der Waals surface area contributed by atoms with Gasteiger partial charge in [-0.25, -0.2) is 0 Å². The maximum Gasteiger partial charge on any atom is 0.120 e. The molecule has 0 saturated carbocycles. The average molecular weight is 131 g/mol. The van der Waals surface area contributed by atoms with Gasteiger partial charge in [-0.15, -0.1) is 4.91 Å². The van der Waals surface area contributed by atoms with E-state index in [0.717, 1.165) is 6.54 Å². The van der Waals surface area contributed by atoms with Gasteiger partial charge in [-0.05, 0) is 0 Å². The molecule has 0 aromatic rings. The summed E-state index contributed by atoms with van der Waals surface area (Å²) < 4.78 is 5.01. The Morgan fingerprint density at radius 2 is 2.67 bits per heavy atom. The Balaban J connectivity index is 2.15. The molecule has 1 aliphatic rings. The summed E-state index contributed by atoms with van der Waals surface area (Å²) in [5, 5.41) is 5.51. The summed E-state index contributed by atoms with van der Waals surface area (Å²) >= 11 is 0. The van der Waals surface area contributed by atoms with E-state index in [0.29, 0.717) is 13.2 Å². The Kier molecular flexibility index (Phi) is 2.41. The molecule has 0 aromatic heterocycles. The molecule has 1 fully saturated rings. The van der Waals surface area contributed by atoms with Crippen molar-refractivity contribution in [2.45, 2.75) is 6.17 Å². The zero-order valence-electron chi connectivity index (χ0n) is 4.96. The second kappa shape index (κ2) is 3.37. The fraction of sp³-hybridized carbons (Fsp3) is 1.00. The first-order valence-corrected chi connectivity index (χ1v) is 2.82. The minimum Gasteiger partial charge on any atom is -0.377 e. The molecule has 1 atom stereocenters. The molecule has 5 nitrogen and oxygen atoms in total. The summed E-state index contributed by atoms with van der Waals surface area (Å²) in [6.07, 6.45) is -0.101. The molecule has 5 heteroatoms. The van der Waals surface area contributed by atoms with Crippen molar-refractivity contribution >= 4 is 0 Å². The van der Waals surface area contributed by atoms with Gasteiger partial charge in [-0.1, -0.05) is 0 Å². The van der Waals surface area contributed by atoms with E-state index in [-0.39, 0.29) is 6.17 Å². The predicted molar refractivity (Wildman–Crippen MR) is 31.5 cm³/mol. The van der Waals surface area contributed by atoms with Gasteiger partial charge in [0.1, 0.15) is 6.17 Å². The van der Waals surface area contributed by atoms with Crippen LogP contribution in [0.25, 0.3) is 0 Å². The first kappa shape index (κ1) is 6.44. The van der Waals surface area contributed by atoms with E-state index in [1.165, 1.54) is 0 Å². The lowest BCUT2D eigenvalue weighted by Crippen LogP contribution is -2.48. The molecule has 0 radical (unpaired) electrons. The number of hydrogen-bond donors (Lipinski definition) is 2. The second-order valence-corrected chi connectivity index (χ2v) is 1.80. The molecule has 9 heavy (non-hydrogen) atoms. The maximum atomic E-state index is 9.62. The standard InChI is InChI=1S/C4H9N3O2/c8-7-6-4-3-9-2-1-5-4/h4-5H,1-3H2,(H,6,8). The molecular formula is C4H9N3O2. The van der Waals surface area contributed by atoms with E-state index in [1.54, 1.807) is 0 Å². The minimum atomic E-state index is -0.101. The molecule has 1 saturated heterocycles. The van der Waals surface area contributed by atoms with Crippen molar-refractivity contribution in [3.8, 4) is 0 Å². The highest BCUT2D eigenvalue weighted by atomic mass is 16.5. The monoisotopic (exact) mass is 131 g/mol. The van der Waals surface area contributed by atoms with Crippen molar-refractivity contribution in [2.75, 3.05) is 19.8 Å². The van der Waals surface area contributed by atoms with E-state index >= 15 is 0 Å². The van der Waals surface area contributed by atoms with Crippen LogP contribution in [-0.2, 0) is 4.74 Å². The van der Waals surface area contributed by atoms with Crippen LogP contribution in [-0.4, -0.2) is 25.9 Å². The molecule has 0 amide bonds. The summed E-state index contributed by atoms with van der Waals surface area (Å²) in [7, 11) is 0. The Morgan fingerprint density at radius 1 is 1.78 bits per heavy atom. The predicted octanol–water partition coefficient (Wildman–Crippen LogP) is -0.797. The van der Waals surface area contributed by atoms with Crippen LogP contribution >= 0.6 is 0 Å². The fourth-order valence-electron chi connectivity index (χ4n) is 0.712. The lowest BCUT2D eigenvalue weighted by molar-refractivity contribution is 0.0661. The van der Waals surface area contributed by atoms with Crippen molar-refractivity contribution in [2.24, 2.45) is 5.29 Å². The van der Waals surface area contributed by atoms with Gasteiger partial charge in [-0.2, -0.15) is 0 Å². The van der Waals surface area contributed by atoms with Crippen LogP contribution in [0.5, 0.6) is 0 Å². The second-order valence-electron chi connectivity index (χ2n) is 1.80. The van der Waals surface area contributed by atoms with Gasteiger partial charge in [0.25, 0.3) is 0 Å². The summed E-state index contributed by atoms with van der Waals surface area (Å²) in [6, 6.07) is 0. The van der Waals surface area contributed by atoms with Gasteiger partial charge in [0, 0.05) is 6.54 Å². The van der Waals surface area contributed by atoms with E-state index in [2.05, 4.69) is 16.0 Å². The maximum absolute atomic E-state index is 9.62. The smallest absolute Gasteiger partial charge is 0.120 e. The molecule has 0 aliphatic carbocycles. The van der Waals surface area contributed by atoms with Crippen LogP contribution in [0, 0.1) is 4.91 Å². The van der Waals surface area contributed by atoms with E-state index in [4.69, 9.17) is 4.74 Å². The lowest BCUT2D eigenvalue weighted by atomic mass is 10.4. The van der Waals surface area contributed by atoms with Crippen LogP contribution in [0.4, 0.5) is 0 Å². The van der Waals surface area contributed by atoms with Gasteiger partial charge < -0.3 is 4.74 Å². The zero-order valence-corrected chi connectivity index (χ0v) is 4.96. The highest BCUT2D eigenvalue weighted by molar-refractivity contribution is 4.64. The van der Waals surface area contributed by atoms with Crippen LogP contribution in [0.2, 0.25) is 0 Å². The largest absolute Gasteiger partial charge is 0.377 e. The average Bonchev–Trinajstić information content (AvgIpc) is 1.91. The van der Waals surface area contributed by atoms with Crippen LogP contribution < -0.4 is 10.7 Å². The number of ether oxygens (including phenoxy) is 1. The minimum absolute atomic E-state index is 0.101. The third kappa shape index (κ3) is 1.95. The van der Waals surface area contributed by atoms with Crippen molar-refractivity contribution in [3.05, 3.63) is 4.91 Å². The van der Waals surface area contributed by atoms with Gasteiger partial charge in [-0.3, -0.25) is 10.7 Å². The number of hydrogen-bond acceptors (Lipinski definition) is 4. The molecule has 2 N–H and O–H groups in total. The summed E-state index contributed by atoms with van der Waals surface area (Å²) in [5.41, 5.74) is 2.32. The highest BCUT2D eigenvalue weighted by Crippen LogP contribution is 1.87. The highest BCUT2D eigenvalue weighted by Gasteiger charge is 2.10. The molecule has 1 heterocycles. The molecular weight excluding hydrogens is 122 g/mol. The Morgan fingerprint density at radius 3 is 3.22 bits per heavy atom. The third-order valence-corrected chi connectivity index (χ3v) is 1.13. The SMILES string of the molecule is O=NNC1COCCN1. The van der Waals surface area contributed by atoms with E-state index < -0.39 is 0 Å². The van der Waals surface area contributed by atoms with Crippen molar-refractivity contribution in [1.82, 2.24) is 10.7 Å². The molecule has 0 bridgehead atoms. The number of nitrogens with one attached hydrogen (secondary N) is 2. The van der Waals surface area contributed by atoms with Crippen molar-refractivity contribution < 1.29 is 4.74 Å². The Hall–Kier alpha value is -0.680. The van der Waals surface area contributed by atoms with Crippen molar-refractivity contribution in [3.63, 3.8) is 0 Å². The number of morpholine rings is 1. The fourth-order valence-corrected chi connectivity index (χ4v) is 0.712. The summed E-state index contributed by atoms with van der Waals surface area (Å²) in [4.78, 5) is 9.62. The van der Waals surface area contributed by atoms with Gasteiger partial charge >= 0.3 is 0 Å². The number of nitroso groups, excluding NO2 is 1. The van der Waals surface area contributed by atoms with E-state index in [1.807, 2.05) is 0 Å². The third-order valence-electron chi connectivity index (χ3n) is 1.13. The van der Waals surface area contributed by atoms with Gasteiger partial charge in [0.15, 0.2) is 0 Å². The first-order valence-electron chi connectivity index (χ1n) is 2.82. The van der Waals surface area contributed by atoms with Gasteiger partial charge in [0.2, 0.25) is 0 Å². The van der Waals surface area contributed by atoms with Crippen LogP contribution in [0.3, 0.4) is 0 Å². The number of nitrogens with zero attached hydrogens (tertiary/aromatic N) is 1. The molecule has 1 rings (SSSR count).